The van der Waals surface area contributed by atoms with Crippen LogP contribution in [0.1, 0.15) is 34.0 Å². The Morgan fingerprint density at radius 3 is 2.69 bits per heavy atom. The van der Waals surface area contributed by atoms with Gasteiger partial charge in [0.1, 0.15) is 10.6 Å². The number of thiazole rings is 1. The van der Waals surface area contributed by atoms with E-state index in [0.29, 0.717) is 11.6 Å². The number of aromatic nitrogens is 2. The fourth-order valence-corrected chi connectivity index (χ4v) is 5.66. The average molecular weight is 479 g/mol. The molecule has 1 aliphatic heterocycles. The van der Waals surface area contributed by atoms with Gasteiger partial charge in [-0.3, -0.25) is 4.79 Å². The van der Waals surface area contributed by atoms with Crippen LogP contribution in [0.2, 0.25) is 0 Å². The number of nitrogens with zero attached hydrogens (tertiary/aromatic N) is 2. The number of fused-ring (bicyclic) bond motifs is 1. The Labute approximate surface area is 189 Å². The van der Waals surface area contributed by atoms with Crippen molar-refractivity contribution in [2.75, 3.05) is 18.7 Å². The van der Waals surface area contributed by atoms with Gasteiger partial charge < -0.3 is 19.3 Å². The van der Waals surface area contributed by atoms with Crippen LogP contribution in [0.15, 0.2) is 27.6 Å². The number of aryl methyl sites for hydroxylation is 3. The van der Waals surface area contributed by atoms with Crippen molar-refractivity contribution < 1.29 is 27.2 Å². The Morgan fingerprint density at radius 1 is 1.16 bits per heavy atom. The fraction of sp³-hybridized carbons (Fsp3) is 0.350. The van der Waals surface area contributed by atoms with Crippen molar-refractivity contribution in [1.29, 1.82) is 0 Å². The molecular weight excluding hydrogens is 456 g/mol. The van der Waals surface area contributed by atoms with E-state index in [1.165, 1.54) is 18.3 Å². The van der Waals surface area contributed by atoms with Crippen LogP contribution in [0.25, 0.3) is 0 Å². The zero-order valence-electron chi connectivity index (χ0n) is 17.7. The summed E-state index contributed by atoms with van der Waals surface area (Å²) in [5.41, 5.74) is 2.14. The molecule has 0 saturated heterocycles. The number of nitrogens with one attached hydrogen (secondary N) is 2. The van der Waals surface area contributed by atoms with E-state index < -0.39 is 10.0 Å². The van der Waals surface area contributed by atoms with Crippen LogP contribution in [0.3, 0.4) is 0 Å². The van der Waals surface area contributed by atoms with Gasteiger partial charge in [0.25, 0.3) is 0 Å². The summed E-state index contributed by atoms with van der Waals surface area (Å²) in [6.45, 7) is 5.11. The van der Waals surface area contributed by atoms with Crippen molar-refractivity contribution in [3.8, 4) is 11.5 Å². The van der Waals surface area contributed by atoms with Crippen molar-refractivity contribution in [2.24, 2.45) is 0 Å². The minimum absolute atomic E-state index is 0.00150. The van der Waals surface area contributed by atoms with Gasteiger partial charge in [-0.25, -0.2) is 18.1 Å². The smallest absolute Gasteiger partial charge is 0.245 e. The Morgan fingerprint density at radius 2 is 1.94 bits per heavy atom. The summed E-state index contributed by atoms with van der Waals surface area (Å²) in [7, 11) is -3.81. The summed E-state index contributed by atoms with van der Waals surface area (Å²) in [6.07, 6.45) is 0.603. The SMILES string of the molecule is Cc1nc(NC(=O)CCNS(=O)(=O)c2c(C)noc2C)sc1Cc1ccc2c(c1)OCO2. The number of anilines is 1. The summed E-state index contributed by atoms with van der Waals surface area (Å²) in [6, 6.07) is 5.78. The predicted octanol–water partition coefficient (Wildman–Crippen LogP) is 2.68. The van der Waals surface area contributed by atoms with E-state index >= 15 is 0 Å². The van der Waals surface area contributed by atoms with Gasteiger partial charge >= 0.3 is 0 Å². The first-order valence-corrected chi connectivity index (χ1v) is 12.1. The molecule has 12 heteroatoms. The van der Waals surface area contributed by atoms with Crippen molar-refractivity contribution >= 4 is 32.4 Å². The Balaban J connectivity index is 1.32. The number of carbonyl (C=O) groups excluding carboxylic acids is 1. The van der Waals surface area contributed by atoms with E-state index in [1.54, 1.807) is 6.92 Å². The number of rotatable bonds is 8. The first-order chi connectivity index (χ1) is 15.2. The molecule has 2 N–H and O–H groups in total. The van der Waals surface area contributed by atoms with E-state index in [1.807, 2.05) is 25.1 Å². The zero-order valence-corrected chi connectivity index (χ0v) is 19.4. The van der Waals surface area contributed by atoms with E-state index in [2.05, 4.69) is 20.2 Å². The number of amides is 1. The lowest BCUT2D eigenvalue weighted by Gasteiger charge is -2.06. The highest BCUT2D eigenvalue weighted by molar-refractivity contribution is 7.89. The van der Waals surface area contributed by atoms with Gasteiger partial charge in [0.05, 0.1) is 5.69 Å². The number of sulfonamides is 1. The summed E-state index contributed by atoms with van der Waals surface area (Å²) < 4.78 is 42.8. The predicted molar refractivity (Wildman–Crippen MR) is 117 cm³/mol. The van der Waals surface area contributed by atoms with Crippen LogP contribution in [-0.2, 0) is 21.2 Å². The van der Waals surface area contributed by atoms with E-state index in [-0.39, 0.29) is 42.0 Å². The summed E-state index contributed by atoms with van der Waals surface area (Å²) >= 11 is 1.38. The number of carbonyl (C=O) groups is 1. The van der Waals surface area contributed by atoms with Crippen molar-refractivity contribution in [2.45, 2.75) is 38.5 Å². The van der Waals surface area contributed by atoms with Gasteiger partial charge in [-0.05, 0) is 38.5 Å². The number of hydrogen-bond acceptors (Lipinski definition) is 9. The Hall–Kier alpha value is -2.96. The van der Waals surface area contributed by atoms with Crippen molar-refractivity contribution in [3.05, 3.63) is 45.8 Å². The molecule has 10 nitrogen and oxygen atoms in total. The highest BCUT2D eigenvalue weighted by Gasteiger charge is 2.24. The molecule has 3 heterocycles. The standard InChI is InChI=1S/C20H22N4O6S2/c1-11-17(9-14-4-5-15-16(8-14)29-10-28-15)31-20(22-11)23-18(25)6-7-21-32(26,27)19-12(2)24-30-13(19)3/h4-5,8,21H,6-7,9-10H2,1-3H3,(H,22,23,25). The molecule has 0 bridgehead atoms. The fourth-order valence-electron chi connectivity index (χ4n) is 3.29. The van der Waals surface area contributed by atoms with Crippen LogP contribution in [-0.4, -0.2) is 37.8 Å². The maximum absolute atomic E-state index is 12.4. The molecule has 0 saturated carbocycles. The third-order valence-corrected chi connectivity index (χ3v) is 7.60. The van der Waals surface area contributed by atoms with E-state index in [0.717, 1.165) is 27.6 Å². The minimum Gasteiger partial charge on any atom is -0.454 e. The first-order valence-electron chi connectivity index (χ1n) is 9.80. The summed E-state index contributed by atoms with van der Waals surface area (Å²) in [4.78, 5) is 17.7. The molecule has 0 atom stereocenters. The molecule has 32 heavy (non-hydrogen) atoms. The van der Waals surface area contributed by atoms with Crippen LogP contribution in [0.4, 0.5) is 5.13 Å². The molecular formula is C20H22N4O6S2. The van der Waals surface area contributed by atoms with Crippen molar-refractivity contribution in [3.63, 3.8) is 0 Å². The maximum Gasteiger partial charge on any atom is 0.245 e. The highest BCUT2D eigenvalue weighted by Crippen LogP contribution is 2.34. The molecule has 1 aliphatic rings. The third-order valence-electron chi connectivity index (χ3n) is 4.82. The van der Waals surface area contributed by atoms with Crippen LogP contribution >= 0.6 is 11.3 Å². The monoisotopic (exact) mass is 478 g/mol. The minimum atomic E-state index is -3.81. The molecule has 3 aromatic rings. The van der Waals surface area contributed by atoms with Gasteiger partial charge in [0, 0.05) is 24.3 Å². The molecule has 0 spiro atoms. The lowest BCUT2D eigenvalue weighted by molar-refractivity contribution is -0.116. The Bertz CT molecular complexity index is 1250. The molecule has 4 rings (SSSR count). The number of hydrogen-bond donors (Lipinski definition) is 2. The zero-order chi connectivity index (χ0) is 22.9. The number of benzene rings is 1. The van der Waals surface area contributed by atoms with Crippen molar-refractivity contribution in [1.82, 2.24) is 14.9 Å². The second kappa shape index (κ2) is 8.88. The molecule has 2 aromatic heterocycles. The molecule has 0 unspecified atom stereocenters. The molecule has 0 fully saturated rings. The quantitative estimate of drug-likeness (QED) is 0.505. The molecule has 1 amide bonds. The van der Waals surface area contributed by atoms with Crippen LogP contribution in [0, 0.1) is 20.8 Å². The Kier molecular flexibility index (Phi) is 6.17. The lowest BCUT2D eigenvalue weighted by Crippen LogP contribution is -2.28. The molecule has 0 radical (unpaired) electrons. The summed E-state index contributed by atoms with van der Waals surface area (Å²) in [5.74, 6) is 1.31. The van der Waals surface area contributed by atoms with Crippen LogP contribution < -0.4 is 19.5 Å². The second-order valence-corrected chi connectivity index (χ2v) is 10.0. The highest BCUT2D eigenvalue weighted by atomic mass is 32.2. The maximum atomic E-state index is 12.4. The molecule has 170 valence electrons. The largest absolute Gasteiger partial charge is 0.454 e. The molecule has 1 aromatic carbocycles. The average Bonchev–Trinajstić information content (AvgIpc) is 3.41. The topological polar surface area (TPSA) is 133 Å². The van der Waals surface area contributed by atoms with E-state index in [9.17, 15) is 13.2 Å². The third kappa shape index (κ3) is 4.76. The van der Waals surface area contributed by atoms with Gasteiger partial charge in [-0.15, -0.1) is 11.3 Å². The lowest BCUT2D eigenvalue weighted by atomic mass is 10.1. The normalized spacial score (nSPS) is 12.8. The van der Waals surface area contributed by atoms with E-state index in [4.69, 9.17) is 14.0 Å². The first kappa shape index (κ1) is 22.2. The van der Waals surface area contributed by atoms with Gasteiger partial charge in [-0.1, -0.05) is 11.2 Å². The van der Waals surface area contributed by atoms with Gasteiger partial charge in [0.2, 0.25) is 22.7 Å². The van der Waals surface area contributed by atoms with Gasteiger partial charge in [0.15, 0.2) is 22.4 Å². The van der Waals surface area contributed by atoms with Crippen LogP contribution in [0.5, 0.6) is 11.5 Å². The molecule has 0 aliphatic carbocycles. The second-order valence-electron chi connectivity index (χ2n) is 7.24. The summed E-state index contributed by atoms with van der Waals surface area (Å²) in [5, 5.41) is 6.85. The number of ether oxygens (including phenoxy) is 2. The van der Waals surface area contributed by atoms with Gasteiger partial charge in [-0.2, -0.15) is 0 Å².